The van der Waals surface area contributed by atoms with Crippen LogP contribution in [0.25, 0.3) is 22.2 Å². The average Bonchev–Trinajstić information content (AvgIpc) is 3.20. The van der Waals surface area contributed by atoms with Crippen molar-refractivity contribution in [1.29, 1.82) is 0 Å². The summed E-state index contributed by atoms with van der Waals surface area (Å²) in [6.07, 6.45) is 3.90. The number of aromatic nitrogens is 3. The van der Waals surface area contributed by atoms with Crippen molar-refractivity contribution in [2.75, 3.05) is 5.32 Å². The Balaban J connectivity index is 1.58. The average molecular weight is 330 g/mol. The van der Waals surface area contributed by atoms with Gasteiger partial charge in [0.2, 0.25) is 5.91 Å². The van der Waals surface area contributed by atoms with Gasteiger partial charge in [-0.3, -0.25) is 9.48 Å². The number of amides is 1. The molecule has 0 bridgehead atoms. The molecule has 2 aromatic carbocycles. The van der Waals surface area contributed by atoms with E-state index in [1.54, 1.807) is 10.9 Å². The molecule has 1 amide bonds. The van der Waals surface area contributed by atoms with E-state index in [1.807, 2.05) is 67.8 Å². The van der Waals surface area contributed by atoms with Gasteiger partial charge in [-0.2, -0.15) is 5.10 Å². The fraction of sp³-hybridized carbons (Fsp3) is 0.100. The summed E-state index contributed by atoms with van der Waals surface area (Å²) in [5.74, 6) is -0.0602. The minimum absolute atomic E-state index is 0.0602. The van der Waals surface area contributed by atoms with E-state index in [2.05, 4.69) is 15.4 Å². The molecular formula is C20H18N4O. The Kier molecular flexibility index (Phi) is 3.82. The number of carbonyl (C=O) groups is 1. The van der Waals surface area contributed by atoms with Crippen LogP contribution in [-0.4, -0.2) is 20.7 Å². The summed E-state index contributed by atoms with van der Waals surface area (Å²) in [5.41, 5.74) is 4.66. The zero-order chi connectivity index (χ0) is 17.2. The lowest BCUT2D eigenvalue weighted by molar-refractivity contribution is -0.115. The van der Waals surface area contributed by atoms with Crippen LogP contribution in [-0.2, 0) is 18.3 Å². The zero-order valence-electron chi connectivity index (χ0n) is 13.9. The minimum Gasteiger partial charge on any atom is -0.361 e. The van der Waals surface area contributed by atoms with Crippen molar-refractivity contribution in [3.8, 4) is 11.3 Å². The molecule has 2 aromatic heterocycles. The van der Waals surface area contributed by atoms with Gasteiger partial charge in [-0.25, -0.2) is 0 Å². The molecule has 2 N–H and O–H groups in total. The molecule has 0 saturated heterocycles. The Morgan fingerprint density at radius 2 is 1.88 bits per heavy atom. The van der Waals surface area contributed by atoms with Crippen LogP contribution < -0.4 is 5.32 Å². The van der Waals surface area contributed by atoms with E-state index in [0.29, 0.717) is 6.42 Å². The van der Waals surface area contributed by atoms with E-state index < -0.39 is 0 Å². The summed E-state index contributed by atoms with van der Waals surface area (Å²) in [7, 11) is 1.87. The van der Waals surface area contributed by atoms with E-state index in [1.165, 1.54) is 0 Å². The van der Waals surface area contributed by atoms with E-state index in [-0.39, 0.29) is 5.91 Å². The summed E-state index contributed by atoms with van der Waals surface area (Å²) in [6, 6.07) is 17.9. The molecule has 5 heteroatoms. The normalized spacial score (nSPS) is 10.9. The topological polar surface area (TPSA) is 62.7 Å². The second-order valence-electron chi connectivity index (χ2n) is 5.98. The van der Waals surface area contributed by atoms with Gasteiger partial charge < -0.3 is 10.3 Å². The predicted molar refractivity (Wildman–Crippen MR) is 99.3 cm³/mol. The maximum atomic E-state index is 12.6. The summed E-state index contributed by atoms with van der Waals surface area (Å²) >= 11 is 0. The summed E-state index contributed by atoms with van der Waals surface area (Å²) in [4.78, 5) is 15.8. The smallest absolute Gasteiger partial charge is 0.228 e. The number of fused-ring (bicyclic) bond motifs is 1. The zero-order valence-corrected chi connectivity index (χ0v) is 13.9. The quantitative estimate of drug-likeness (QED) is 0.598. The van der Waals surface area contributed by atoms with Gasteiger partial charge in [0.15, 0.2) is 0 Å². The molecule has 4 aromatic rings. The number of anilines is 1. The molecule has 0 radical (unpaired) electrons. The van der Waals surface area contributed by atoms with Crippen molar-refractivity contribution >= 4 is 22.5 Å². The standard InChI is InChI=1S/C20H18N4O/c1-24-20(14-7-3-2-4-8-14)18(13-22-24)23-19(25)11-15-12-21-17-10-6-5-9-16(15)17/h2-10,12-13,21H,11H2,1H3,(H,23,25). The van der Waals surface area contributed by atoms with Crippen LogP contribution in [0.15, 0.2) is 67.0 Å². The first kappa shape index (κ1) is 15.2. The number of nitrogens with zero attached hydrogens (tertiary/aromatic N) is 2. The second-order valence-corrected chi connectivity index (χ2v) is 5.98. The van der Waals surface area contributed by atoms with Crippen LogP contribution in [0.1, 0.15) is 5.56 Å². The fourth-order valence-electron chi connectivity index (χ4n) is 3.11. The Hall–Kier alpha value is -3.34. The van der Waals surface area contributed by atoms with Crippen LogP contribution >= 0.6 is 0 Å². The fourth-order valence-corrected chi connectivity index (χ4v) is 3.11. The molecular weight excluding hydrogens is 312 g/mol. The number of benzene rings is 2. The van der Waals surface area contributed by atoms with Gasteiger partial charge >= 0.3 is 0 Å². The van der Waals surface area contributed by atoms with Crippen LogP contribution in [0.5, 0.6) is 0 Å². The summed E-state index contributed by atoms with van der Waals surface area (Å²) in [5, 5.41) is 8.36. The lowest BCUT2D eigenvalue weighted by Crippen LogP contribution is -2.14. The van der Waals surface area contributed by atoms with Crippen molar-refractivity contribution in [1.82, 2.24) is 14.8 Å². The van der Waals surface area contributed by atoms with E-state index in [4.69, 9.17) is 0 Å². The summed E-state index contributed by atoms with van der Waals surface area (Å²) in [6.45, 7) is 0. The maximum Gasteiger partial charge on any atom is 0.228 e. The number of para-hydroxylation sites is 1. The van der Waals surface area contributed by atoms with E-state index >= 15 is 0 Å². The monoisotopic (exact) mass is 330 g/mol. The third-order valence-electron chi connectivity index (χ3n) is 4.29. The van der Waals surface area contributed by atoms with Crippen molar-refractivity contribution in [3.63, 3.8) is 0 Å². The molecule has 5 nitrogen and oxygen atoms in total. The number of aromatic amines is 1. The molecule has 0 atom stereocenters. The number of carbonyl (C=O) groups excluding carboxylic acids is 1. The highest BCUT2D eigenvalue weighted by molar-refractivity contribution is 5.98. The predicted octanol–water partition coefficient (Wildman–Crippen LogP) is 3.75. The van der Waals surface area contributed by atoms with E-state index in [9.17, 15) is 4.79 Å². The molecule has 2 heterocycles. The first-order valence-corrected chi connectivity index (χ1v) is 8.14. The number of hydrogen-bond donors (Lipinski definition) is 2. The Bertz CT molecular complexity index is 1030. The van der Waals surface area contributed by atoms with Gasteiger partial charge in [0.05, 0.1) is 24.0 Å². The van der Waals surface area contributed by atoms with Crippen LogP contribution in [0, 0.1) is 0 Å². The highest BCUT2D eigenvalue weighted by Crippen LogP contribution is 2.27. The number of nitrogens with one attached hydrogen (secondary N) is 2. The van der Waals surface area contributed by atoms with Crippen LogP contribution in [0.2, 0.25) is 0 Å². The molecule has 0 spiro atoms. The molecule has 0 aliphatic carbocycles. The minimum atomic E-state index is -0.0602. The first-order chi connectivity index (χ1) is 12.2. The number of rotatable bonds is 4. The molecule has 0 unspecified atom stereocenters. The molecule has 0 fully saturated rings. The van der Waals surface area contributed by atoms with Gasteiger partial charge in [0.1, 0.15) is 0 Å². The van der Waals surface area contributed by atoms with Crippen molar-refractivity contribution < 1.29 is 4.79 Å². The highest BCUT2D eigenvalue weighted by Gasteiger charge is 2.14. The number of hydrogen-bond acceptors (Lipinski definition) is 2. The third kappa shape index (κ3) is 2.92. The van der Waals surface area contributed by atoms with E-state index in [0.717, 1.165) is 33.4 Å². The summed E-state index contributed by atoms with van der Waals surface area (Å²) < 4.78 is 1.77. The Morgan fingerprint density at radius 1 is 1.12 bits per heavy atom. The first-order valence-electron chi connectivity index (χ1n) is 8.14. The molecule has 124 valence electrons. The van der Waals surface area contributed by atoms with Gasteiger partial charge in [-0.05, 0) is 11.6 Å². The SMILES string of the molecule is Cn1ncc(NC(=O)Cc2c[nH]c3ccccc23)c1-c1ccccc1. The van der Waals surface area contributed by atoms with Crippen LogP contribution in [0.4, 0.5) is 5.69 Å². The van der Waals surface area contributed by atoms with Gasteiger partial charge in [0, 0.05) is 29.7 Å². The molecule has 0 aliphatic heterocycles. The van der Waals surface area contributed by atoms with Crippen molar-refractivity contribution in [2.24, 2.45) is 7.05 Å². The third-order valence-corrected chi connectivity index (χ3v) is 4.29. The van der Waals surface area contributed by atoms with Gasteiger partial charge in [0.25, 0.3) is 0 Å². The molecule has 0 aliphatic rings. The molecule has 0 saturated carbocycles. The maximum absolute atomic E-state index is 12.6. The largest absolute Gasteiger partial charge is 0.361 e. The molecule has 4 rings (SSSR count). The van der Waals surface area contributed by atoms with Crippen molar-refractivity contribution in [3.05, 3.63) is 72.6 Å². The number of H-pyrrole nitrogens is 1. The van der Waals surface area contributed by atoms with Crippen LogP contribution in [0.3, 0.4) is 0 Å². The number of aryl methyl sites for hydroxylation is 1. The Labute approximate surface area is 145 Å². The lowest BCUT2D eigenvalue weighted by atomic mass is 10.1. The molecule has 25 heavy (non-hydrogen) atoms. The highest BCUT2D eigenvalue weighted by atomic mass is 16.1. The van der Waals surface area contributed by atoms with Gasteiger partial charge in [-0.15, -0.1) is 0 Å². The Morgan fingerprint density at radius 3 is 2.72 bits per heavy atom. The lowest BCUT2D eigenvalue weighted by Gasteiger charge is -2.08. The van der Waals surface area contributed by atoms with Gasteiger partial charge in [-0.1, -0.05) is 48.5 Å². The van der Waals surface area contributed by atoms with Crippen molar-refractivity contribution in [2.45, 2.75) is 6.42 Å². The second kappa shape index (κ2) is 6.28.